The number of anilines is 1. The minimum absolute atomic E-state index is 0.219. The lowest BCUT2D eigenvalue weighted by Gasteiger charge is -2.36. The fraction of sp³-hybridized carbons (Fsp3) is 0.714. The van der Waals surface area contributed by atoms with Gasteiger partial charge in [0.15, 0.2) is 5.16 Å². The summed E-state index contributed by atoms with van der Waals surface area (Å²) in [6.45, 7) is 11.4. The summed E-state index contributed by atoms with van der Waals surface area (Å²) in [7, 11) is 1.99. The molecule has 0 unspecified atom stereocenters. The molecule has 0 aromatic carbocycles. The van der Waals surface area contributed by atoms with E-state index in [4.69, 9.17) is 0 Å². The van der Waals surface area contributed by atoms with E-state index in [1.54, 1.807) is 11.8 Å². The van der Waals surface area contributed by atoms with Gasteiger partial charge in [-0.25, -0.2) is 9.97 Å². The largest absolute Gasteiger partial charge is 0.433 e. The molecular formula is C21H32F3N7S. The van der Waals surface area contributed by atoms with Gasteiger partial charge in [0.1, 0.15) is 23.2 Å². The van der Waals surface area contributed by atoms with Crippen molar-refractivity contribution in [1.82, 2.24) is 29.6 Å². The smallest absolute Gasteiger partial charge is 0.354 e. The molecule has 1 fully saturated rings. The first kappa shape index (κ1) is 24.8. The Morgan fingerprint density at radius 3 is 2.28 bits per heavy atom. The highest BCUT2D eigenvalue weighted by Gasteiger charge is 2.35. The fourth-order valence-electron chi connectivity index (χ4n) is 3.51. The summed E-state index contributed by atoms with van der Waals surface area (Å²) < 4.78 is 42.2. The van der Waals surface area contributed by atoms with Gasteiger partial charge in [0.25, 0.3) is 0 Å². The highest BCUT2D eigenvalue weighted by atomic mass is 32.2. The van der Waals surface area contributed by atoms with E-state index in [0.29, 0.717) is 18.9 Å². The number of aromatic nitrogens is 5. The maximum absolute atomic E-state index is 13.4. The van der Waals surface area contributed by atoms with E-state index in [9.17, 15) is 13.2 Å². The van der Waals surface area contributed by atoms with Crippen molar-refractivity contribution in [2.45, 2.75) is 57.3 Å². The maximum Gasteiger partial charge on any atom is 0.433 e. The number of alkyl halides is 3. The topological polar surface area (TPSA) is 63.0 Å². The molecule has 2 aromatic rings. The molecule has 1 saturated heterocycles. The number of nitrogens with zero attached hydrogens (tertiary/aromatic N) is 7. The van der Waals surface area contributed by atoms with E-state index in [0.717, 1.165) is 55.3 Å². The van der Waals surface area contributed by atoms with E-state index in [2.05, 4.69) is 32.0 Å². The molecule has 2 aromatic heterocycles. The zero-order valence-corrected chi connectivity index (χ0v) is 20.2. The third-order valence-corrected chi connectivity index (χ3v) is 6.57. The van der Waals surface area contributed by atoms with E-state index in [-0.39, 0.29) is 5.82 Å². The quantitative estimate of drug-likeness (QED) is 0.450. The van der Waals surface area contributed by atoms with Crippen LogP contribution in [0.4, 0.5) is 19.0 Å². The van der Waals surface area contributed by atoms with Crippen LogP contribution in [0.3, 0.4) is 0 Å². The first-order valence-corrected chi connectivity index (χ1v) is 11.9. The zero-order valence-electron chi connectivity index (χ0n) is 19.4. The van der Waals surface area contributed by atoms with Gasteiger partial charge in [-0.2, -0.15) is 13.2 Å². The molecule has 1 aliphatic rings. The first-order valence-electron chi connectivity index (χ1n) is 10.9. The molecule has 0 amide bonds. The van der Waals surface area contributed by atoms with Gasteiger partial charge in [-0.1, -0.05) is 39.5 Å². The second-order valence-corrected chi connectivity index (χ2v) is 10.1. The van der Waals surface area contributed by atoms with Crippen LogP contribution in [-0.4, -0.2) is 68.1 Å². The molecule has 0 aliphatic carbocycles. The minimum atomic E-state index is -4.49. The number of hydrogen-bond acceptors (Lipinski definition) is 7. The Balaban J connectivity index is 1.53. The van der Waals surface area contributed by atoms with Gasteiger partial charge in [-0.05, 0) is 13.0 Å². The van der Waals surface area contributed by atoms with Gasteiger partial charge in [-0.15, -0.1) is 10.2 Å². The standard InChI is InChI=1S/C21H32F3N7S/c1-6-16-27-28-19(29(16)5)32-13-7-8-30-9-11-31(12-10-30)17-14-15(21(22,23)24)25-18(26-17)20(2,3)4/h14H,6-13H2,1-5H3. The lowest BCUT2D eigenvalue weighted by Crippen LogP contribution is -2.47. The van der Waals surface area contributed by atoms with Crippen LogP contribution in [0.1, 0.15) is 51.5 Å². The lowest BCUT2D eigenvalue weighted by atomic mass is 9.95. The van der Waals surface area contributed by atoms with Crippen molar-refractivity contribution in [1.29, 1.82) is 0 Å². The molecule has 7 nitrogen and oxygen atoms in total. The number of hydrogen-bond donors (Lipinski definition) is 0. The average Bonchev–Trinajstić information content (AvgIpc) is 3.09. The van der Waals surface area contributed by atoms with Crippen molar-refractivity contribution in [3.63, 3.8) is 0 Å². The summed E-state index contributed by atoms with van der Waals surface area (Å²) in [5.41, 5.74) is -1.43. The Morgan fingerprint density at radius 1 is 1.03 bits per heavy atom. The predicted octanol–water partition coefficient (Wildman–Crippen LogP) is 3.79. The van der Waals surface area contributed by atoms with Gasteiger partial charge in [-0.3, -0.25) is 4.90 Å². The van der Waals surface area contributed by atoms with Crippen LogP contribution in [0.15, 0.2) is 11.2 Å². The van der Waals surface area contributed by atoms with Crippen LogP contribution in [0.25, 0.3) is 0 Å². The van der Waals surface area contributed by atoms with Crippen LogP contribution in [0.5, 0.6) is 0 Å². The van der Waals surface area contributed by atoms with Crippen molar-refractivity contribution in [3.8, 4) is 0 Å². The Bertz CT molecular complexity index is 868. The molecule has 0 saturated carbocycles. The molecule has 0 radical (unpaired) electrons. The second-order valence-electron chi connectivity index (χ2n) is 9.02. The molecule has 0 spiro atoms. The molecule has 178 valence electrons. The summed E-state index contributed by atoms with van der Waals surface area (Å²) in [6, 6.07) is 1.08. The van der Waals surface area contributed by atoms with Crippen molar-refractivity contribution in [2.75, 3.05) is 43.4 Å². The monoisotopic (exact) mass is 471 g/mol. The SMILES string of the molecule is CCc1nnc(SCCCN2CCN(c3cc(C(F)(F)F)nc(C(C)(C)C)n3)CC2)n1C. The summed E-state index contributed by atoms with van der Waals surface area (Å²) in [5, 5.41) is 9.34. The molecule has 3 heterocycles. The minimum Gasteiger partial charge on any atom is -0.354 e. The zero-order chi connectivity index (χ0) is 23.5. The maximum atomic E-state index is 13.4. The van der Waals surface area contributed by atoms with E-state index >= 15 is 0 Å². The van der Waals surface area contributed by atoms with Crippen LogP contribution in [0, 0.1) is 0 Å². The van der Waals surface area contributed by atoms with Gasteiger partial charge in [0.05, 0.1) is 0 Å². The molecule has 3 rings (SSSR count). The second kappa shape index (κ2) is 9.94. The first-order chi connectivity index (χ1) is 15.0. The molecule has 32 heavy (non-hydrogen) atoms. The third-order valence-electron chi connectivity index (χ3n) is 5.46. The van der Waals surface area contributed by atoms with Crippen molar-refractivity contribution < 1.29 is 13.2 Å². The molecule has 1 aliphatic heterocycles. The van der Waals surface area contributed by atoms with Crippen LogP contribution in [0.2, 0.25) is 0 Å². The summed E-state index contributed by atoms with van der Waals surface area (Å²) in [6.07, 6.45) is -2.61. The number of aryl methyl sites for hydroxylation is 1. The van der Waals surface area contributed by atoms with Gasteiger partial charge >= 0.3 is 6.18 Å². The molecule has 0 atom stereocenters. The molecule has 11 heteroatoms. The van der Waals surface area contributed by atoms with E-state index in [1.807, 2.05) is 37.3 Å². The number of rotatable bonds is 7. The summed E-state index contributed by atoms with van der Waals surface area (Å²) >= 11 is 1.71. The van der Waals surface area contributed by atoms with E-state index < -0.39 is 17.3 Å². The predicted molar refractivity (Wildman–Crippen MR) is 120 cm³/mol. The Morgan fingerprint density at radius 2 is 1.72 bits per heavy atom. The molecular weight excluding hydrogens is 439 g/mol. The highest BCUT2D eigenvalue weighted by molar-refractivity contribution is 7.99. The average molecular weight is 472 g/mol. The normalized spacial score (nSPS) is 16.1. The van der Waals surface area contributed by atoms with Crippen molar-refractivity contribution in [2.24, 2.45) is 7.05 Å². The Kier molecular flexibility index (Phi) is 7.69. The van der Waals surface area contributed by atoms with E-state index in [1.165, 1.54) is 0 Å². The highest BCUT2D eigenvalue weighted by Crippen LogP contribution is 2.32. The third kappa shape index (κ3) is 6.12. The molecule has 0 N–H and O–H groups in total. The van der Waals surface area contributed by atoms with Gasteiger partial charge < -0.3 is 9.47 Å². The summed E-state index contributed by atoms with van der Waals surface area (Å²) in [4.78, 5) is 12.5. The molecule has 0 bridgehead atoms. The number of halogens is 3. The van der Waals surface area contributed by atoms with Crippen LogP contribution in [-0.2, 0) is 25.1 Å². The fourth-order valence-corrected chi connectivity index (χ4v) is 4.36. The van der Waals surface area contributed by atoms with Gasteiger partial charge in [0, 0.05) is 56.9 Å². The van der Waals surface area contributed by atoms with Crippen LogP contribution >= 0.6 is 11.8 Å². The lowest BCUT2D eigenvalue weighted by molar-refractivity contribution is -0.141. The van der Waals surface area contributed by atoms with Crippen molar-refractivity contribution >= 4 is 17.6 Å². The van der Waals surface area contributed by atoms with Crippen LogP contribution < -0.4 is 4.90 Å². The van der Waals surface area contributed by atoms with Crippen molar-refractivity contribution in [3.05, 3.63) is 23.4 Å². The Labute approximate surface area is 191 Å². The number of piperazine rings is 1. The summed E-state index contributed by atoms with van der Waals surface area (Å²) in [5.74, 6) is 2.51. The number of thioether (sulfide) groups is 1. The van der Waals surface area contributed by atoms with Gasteiger partial charge in [0.2, 0.25) is 0 Å². The Hall–Kier alpha value is -1.88.